The minimum atomic E-state index is -1.04. The van der Waals surface area contributed by atoms with E-state index >= 15 is 0 Å². The van der Waals surface area contributed by atoms with E-state index in [1.165, 1.54) is 4.90 Å². The van der Waals surface area contributed by atoms with Crippen LogP contribution in [0.5, 0.6) is 0 Å². The van der Waals surface area contributed by atoms with Gasteiger partial charge < -0.3 is 20.1 Å². The molecule has 1 saturated heterocycles. The van der Waals surface area contributed by atoms with Gasteiger partial charge in [-0.05, 0) is 42.7 Å². The van der Waals surface area contributed by atoms with Gasteiger partial charge in [0.05, 0.1) is 12.3 Å². The van der Waals surface area contributed by atoms with E-state index in [4.69, 9.17) is 4.74 Å². The summed E-state index contributed by atoms with van der Waals surface area (Å²) in [6, 6.07) is 16.9. The van der Waals surface area contributed by atoms with Crippen molar-refractivity contribution < 1.29 is 29.0 Å². The molecule has 0 radical (unpaired) electrons. The molecular formula is C29H36N2O6. The van der Waals surface area contributed by atoms with E-state index in [0.717, 1.165) is 11.1 Å². The molecule has 37 heavy (non-hydrogen) atoms. The van der Waals surface area contributed by atoms with E-state index in [-0.39, 0.29) is 18.9 Å². The molecule has 0 spiro atoms. The number of carboxylic acid groups (broad SMARTS) is 1. The van der Waals surface area contributed by atoms with Crippen molar-refractivity contribution >= 4 is 23.8 Å². The van der Waals surface area contributed by atoms with Crippen LogP contribution in [0, 0.1) is 11.8 Å². The number of nitrogens with one attached hydrogen (secondary N) is 1. The lowest BCUT2D eigenvalue weighted by molar-refractivity contribution is -0.150. The SMILES string of the molecule is CC(C)C[C@H](NC(=O)[C@@H](CC(=O)OCc1ccccc1)Cc1ccccc1)C(=O)N1CCC[C@H]1C(=O)O. The van der Waals surface area contributed by atoms with E-state index < -0.39 is 41.8 Å². The zero-order valence-electron chi connectivity index (χ0n) is 21.5. The second kappa shape index (κ2) is 13.6. The van der Waals surface area contributed by atoms with Gasteiger partial charge in [-0.1, -0.05) is 74.5 Å². The summed E-state index contributed by atoms with van der Waals surface area (Å²) in [7, 11) is 0. The Kier molecular flexibility index (Phi) is 10.2. The number of rotatable bonds is 12. The number of nitrogens with zero attached hydrogens (tertiary/aromatic N) is 1. The van der Waals surface area contributed by atoms with Crippen molar-refractivity contribution in [1.82, 2.24) is 10.2 Å². The van der Waals surface area contributed by atoms with E-state index in [9.17, 15) is 24.3 Å². The van der Waals surface area contributed by atoms with Gasteiger partial charge in [0, 0.05) is 6.54 Å². The summed E-state index contributed by atoms with van der Waals surface area (Å²) >= 11 is 0. The quantitative estimate of drug-likeness (QED) is 0.424. The number of likely N-dealkylation sites (tertiary alicyclic amines) is 1. The molecule has 1 heterocycles. The highest BCUT2D eigenvalue weighted by Crippen LogP contribution is 2.21. The van der Waals surface area contributed by atoms with E-state index in [1.807, 2.05) is 74.5 Å². The van der Waals surface area contributed by atoms with E-state index in [2.05, 4.69) is 5.32 Å². The smallest absolute Gasteiger partial charge is 0.326 e. The van der Waals surface area contributed by atoms with Crippen LogP contribution in [0.3, 0.4) is 0 Å². The second-order valence-corrected chi connectivity index (χ2v) is 9.96. The molecule has 2 amide bonds. The number of carboxylic acids is 1. The fourth-order valence-corrected chi connectivity index (χ4v) is 4.62. The predicted molar refractivity (Wildman–Crippen MR) is 138 cm³/mol. The maximum atomic E-state index is 13.5. The van der Waals surface area contributed by atoms with Crippen molar-refractivity contribution in [2.45, 2.75) is 64.6 Å². The van der Waals surface area contributed by atoms with Gasteiger partial charge in [-0.15, -0.1) is 0 Å². The van der Waals surface area contributed by atoms with Gasteiger partial charge in [-0.25, -0.2) is 4.79 Å². The molecule has 0 unspecified atom stereocenters. The van der Waals surface area contributed by atoms with Crippen LogP contribution < -0.4 is 5.32 Å². The molecule has 1 aliphatic rings. The van der Waals surface area contributed by atoms with Crippen LogP contribution in [0.4, 0.5) is 0 Å². The number of aliphatic carboxylic acids is 1. The Morgan fingerprint density at radius 2 is 1.62 bits per heavy atom. The molecule has 3 rings (SSSR count). The number of esters is 1. The highest BCUT2D eigenvalue weighted by molar-refractivity contribution is 5.92. The summed E-state index contributed by atoms with van der Waals surface area (Å²) in [6.07, 6.45) is 1.53. The summed E-state index contributed by atoms with van der Waals surface area (Å²) in [6.45, 7) is 4.33. The van der Waals surface area contributed by atoms with Crippen molar-refractivity contribution in [2.75, 3.05) is 6.54 Å². The van der Waals surface area contributed by atoms with Gasteiger partial charge in [-0.2, -0.15) is 0 Å². The molecule has 2 aromatic carbocycles. The van der Waals surface area contributed by atoms with Crippen LogP contribution in [-0.2, 0) is 36.9 Å². The first kappa shape index (κ1) is 27.9. The Balaban J connectivity index is 1.73. The number of carbonyl (C=O) groups is 4. The molecule has 8 nitrogen and oxygen atoms in total. The molecule has 0 bridgehead atoms. The highest BCUT2D eigenvalue weighted by Gasteiger charge is 2.38. The molecule has 0 aromatic heterocycles. The van der Waals surface area contributed by atoms with Crippen LogP contribution in [-0.4, -0.2) is 52.4 Å². The maximum Gasteiger partial charge on any atom is 0.326 e. The number of benzene rings is 2. The lowest BCUT2D eigenvalue weighted by Crippen LogP contribution is -2.53. The van der Waals surface area contributed by atoms with Gasteiger partial charge in [0.25, 0.3) is 0 Å². The van der Waals surface area contributed by atoms with Gasteiger partial charge in [0.1, 0.15) is 18.7 Å². The molecule has 3 atom stereocenters. The third-order valence-electron chi connectivity index (χ3n) is 6.49. The minimum Gasteiger partial charge on any atom is -0.480 e. The van der Waals surface area contributed by atoms with E-state index in [0.29, 0.717) is 32.2 Å². The van der Waals surface area contributed by atoms with Crippen LogP contribution in [0.25, 0.3) is 0 Å². The number of hydrogen-bond donors (Lipinski definition) is 2. The zero-order chi connectivity index (χ0) is 26.8. The van der Waals surface area contributed by atoms with Crippen LogP contribution >= 0.6 is 0 Å². The monoisotopic (exact) mass is 508 g/mol. The molecule has 8 heteroatoms. The van der Waals surface area contributed by atoms with Gasteiger partial charge in [0.2, 0.25) is 11.8 Å². The fourth-order valence-electron chi connectivity index (χ4n) is 4.62. The first-order valence-corrected chi connectivity index (χ1v) is 12.8. The summed E-state index contributed by atoms with van der Waals surface area (Å²) in [4.78, 5) is 52.5. The van der Waals surface area contributed by atoms with Crippen molar-refractivity contribution in [3.05, 3.63) is 71.8 Å². The average Bonchev–Trinajstić information content (AvgIpc) is 3.38. The molecule has 1 aliphatic heterocycles. The lowest BCUT2D eigenvalue weighted by atomic mass is 9.94. The summed E-state index contributed by atoms with van der Waals surface area (Å²) < 4.78 is 5.43. The topological polar surface area (TPSA) is 113 Å². The first-order valence-electron chi connectivity index (χ1n) is 12.8. The van der Waals surface area contributed by atoms with Gasteiger partial charge in [-0.3, -0.25) is 14.4 Å². The third kappa shape index (κ3) is 8.44. The Morgan fingerprint density at radius 3 is 2.22 bits per heavy atom. The molecule has 1 fully saturated rings. The van der Waals surface area contributed by atoms with Crippen molar-refractivity contribution in [2.24, 2.45) is 11.8 Å². The fraction of sp³-hybridized carbons (Fsp3) is 0.448. The number of carbonyl (C=O) groups excluding carboxylic acids is 3. The van der Waals surface area contributed by atoms with Crippen molar-refractivity contribution in [3.63, 3.8) is 0 Å². The zero-order valence-corrected chi connectivity index (χ0v) is 21.5. The molecular weight excluding hydrogens is 472 g/mol. The van der Waals surface area contributed by atoms with Crippen LogP contribution in [0.2, 0.25) is 0 Å². The molecule has 0 saturated carbocycles. The Bertz CT molecular complexity index is 1060. The average molecular weight is 509 g/mol. The molecule has 0 aliphatic carbocycles. The van der Waals surface area contributed by atoms with Crippen molar-refractivity contribution in [1.29, 1.82) is 0 Å². The summed E-state index contributed by atoms with van der Waals surface area (Å²) in [5.41, 5.74) is 1.73. The highest BCUT2D eigenvalue weighted by atomic mass is 16.5. The normalized spacial score (nSPS) is 16.7. The molecule has 198 valence electrons. The Morgan fingerprint density at radius 1 is 1.00 bits per heavy atom. The summed E-state index contributed by atoms with van der Waals surface area (Å²) in [5.74, 6) is -3.02. The van der Waals surface area contributed by atoms with Gasteiger partial charge in [0.15, 0.2) is 0 Å². The maximum absolute atomic E-state index is 13.5. The van der Waals surface area contributed by atoms with Crippen molar-refractivity contribution in [3.8, 4) is 0 Å². The predicted octanol–water partition coefficient (Wildman–Crippen LogP) is 3.59. The second-order valence-electron chi connectivity index (χ2n) is 9.96. The first-order chi connectivity index (χ1) is 17.7. The lowest BCUT2D eigenvalue weighted by Gasteiger charge is -2.29. The van der Waals surface area contributed by atoms with Gasteiger partial charge >= 0.3 is 11.9 Å². The van der Waals surface area contributed by atoms with Crippen LogP contribution in [0.15, 0.2) is 60.7 Å². The number of hydrogen-bond acceptors (Lipinski definition) is 5. The number of amides is 2. The largest absolute Gasteiger partial charge is 0.480 e. The molecule has 2 N–H and O–H groups in total. The number of ether oxygens (including phenoxy) is 1. The minimum absolute atomic E-state index is 0.0866. The summed E-state index contributed by atoms with van der Waals surface area (Å²) in [5, 5.41) is 12.4. The standard InChI is InChI=1S/C29H36N2O6/c1-20(2)16-24(28(34)31-15-9-14-25(31)29(35)36)30-27(33)23(17-21-10-5-3-6-11-21)18-26(32)37-19-22-12-7-4-8-13-22/h3-8,10-13,20,23-25H,9,14-19H2,1-2H3,(H,30,33)(H,35,36)/t23-,24+,25+/m1/s1. The van der Waals surface area contributed by atoms with Crippen LogP contribution in [0.1, 0.15) is 50.7 Å². The van der Waals surface area contributed by atoms with E-state index in [1.54, 1.807) is 0 Å². The Labute approximate surface area is 218 Å². The third-order valence-corrected chi connectivity index (χ3v) is 6.49. The Hall–Kier alpha value is -3.68. The molecule has 2 aromatic rings.